The molecule has 0 radical (unpaired) electrons. The predicted octanol–water partition coefficient (Wildman–Crippen LogP) is 3.91. The van der Waals surface area contributed by atoms with Crippen molar-refractivity contribution in [1.82, 2.24) is 15.1 Å². The van der Waals surface area contributed by atoms with E-state index in [9.17, 15) is 4.79 Å². The first kappa shape index (κ1) is 21.6. The summed E-state index contributed by atoms with van der Waals surface area (Å²) in [6.07, 6.45) is 0. The van der Waals surface area contributed by atoms with Crippen LogP contribution in [0.3, 0.4) is 0 Å². The Labute approximate surface area is 200 Å². The summed E-state index contributed by atoms with van der Waals surface area (Å²) in [5.74, 6) is 2.51. The van der Waals surface area contributed by atoms with Gasteiger partial charge in [-0.15, -0.1) is 10.2 Å². The molecule has 0 bridgehead atoms. The zero-order valence-electron chi connectivity index (χ0n) is 17.5. The number of rotatable bonds is 5. The third kappa shape index (κ3) is 4.62. The van der Waals surface area contributed by atoms with Crippen molar-refractivity contribution in [2.24, 2.45) is 0 Å². The summed E-state index contributed by atoms with van der Waals surface area (Å²) in [4.78, 5) is 16.4. The summed E-state index contributed by atoms with van der Waals surface area (Å²) in [6.45, 7) is 2.58. The van der Waals surface area contributed by atoms with Crippen molar-refractivity contribution in [3.8, 4) is 28.5 Å². The molecule has 2 aliphatic rings. The molecule has 2 aliphatic heterocycles. The van der Waals surface area contributed by atoms with E-state index in [2.05, 4.69) is 15.1 Å². The second-order valence-corrected chi connectivity index (χ2v) is 8.34. The molecule has 0 atom stereocenters. The van der Waals surface area contributed by atoms with Crippen LogP contribution >= 0.6 is 23.2 Å². The van der Waals surface area contributed by atoms with Crippen LogP contribution in [-0.2, 0) is 4.79 Å². The maximum absolute atomic E-state index is 12.6. The zero-order valence-corrected chi connectivity index (χ0v) is 19.1. The highest BCUT2D eigenvalue weighted by Crippen LogP contribution is 2.35. The van der Waals surface area contributed by atoms with E-state index >= 15 is 0 Å². The van der Waals surface area contributed by atoms with Crippen molar-refractivity contribution in [3.05, 3.63) is 58.6 Å². The fourth-order valence-corrected chi connectivity index (χ4v) is 4.06. The third-order valence-corrected chi connectivity index (χ3v) is 6.34. The Morgan fingerprint density at radius 3 is 2.58 bits per heavy atom. The fraction of sp³-hybridized carbons (Fsp3) is 0.261. The highest BCUT2D eigenvalue weighted by Gasteiger charge is 2.23. The van der Waals surface area contributed by atoms with Gasteiger partial charge in [-0.25, -0.2) is 0 Å². The van der Waals surface area contributed by atoms with Gasteiger partial charge in [-0.05, 0) is 42.5 Å². The SMILES string of the molecule is O=C(COc1cccc(Cl)c1Cl)N1CCN(c2ccc(-c3ccc4c(c3)OCO4)nn2)CC1. The Hall–Kier alpha value is -3.23. The van der Waals surface area contributed by atoms with Gasteiger partial charge < -0.3 is 24.0 Å². The molecular formula is C23H20Cl2N4O4. The van der Waals surface area contributed by atoms with Gasteiger partial charge in [0.25, 0.3) is 5.91 Å². The van der Waals surface area contributed by atoms with Gasteiger partial charge in [-0.3, -0.25) is 4.79 Å². The molecule has 8 nitrogen and oxygen atoms in total. The molecule has 0 unspecified atom stereocenters. The standard InChI is InChI=1S/C23H20Cl2N4O4/c24-16-2-1-3-19(23(16)25)31-13-22(30)29-10-8-28(9-11-29)21-7-5-17(26-27-21)15-4-6-18-20(12-15)33-14-32-18/h1-7,12H,8-11,13-14H2. The zero-order chi connectivity index (χ0) is 22.8. The number of amides is 1. The molecule has 1 amide bonds. The minimum Gasteiger partial charge on any atom is -0.482 e. The lowest BCUT2D eigenvalue weighted by Crippen LogP contribution is -2.50. The van der Waals surface area contributed by atoms with E-state index in [1.807, 2.05) is 30.3 Å². The first-order chi connectivity index (χ1) is 16.1. The van der Waals surface area contributed by atoms with Crippen LogP contribution in [0.2, 0.25) is 10.0 Å². The van der Waals surface area contributed by atoms with E-state index in [-0.39, 0.29) is 19.3 Å². The molecule has 1 fully saturated rings. The van der Waals surface area contributed by atoms with E-state index in [1.54, 1.807) is 23.1 Å². The number of carbonyl (C=O) groups excluding carboxylic acids is 1. The summed E-state index contributed by atoms with van der Waals surface area (Å²) in [7, 11) is 0. The molecular weight excluding hydrogens is 467 g/mol. The fourth-order valence-electron chi connectivity index (χ4n) is 3.71. The van der Waals surface area contributed by atoms with Crippen molar-refractivity contribution in [2.75, 3.05) is 44.5 Å². The van der Waals surface area contributed by atoms with Crippen LogP contribution in [0.1, 0.15) is 0 Å². The molecule has 170 valence electrons. The van der Waals surface area contributed by atoms with Gasteiger partial charge in [0.1, 0.15) is 10.8 Å². The van der Waals surface area contributed by atoms with Gasteiger partial charge in [0.15, 0.2) is 23.9 Å². The monoisotopic (exact) mass is 486 g/mol. The first-order valence-electron chi connectivity index (χ1n) is 10.4. The van der Waals surface area contributed by atoms with Crippen molar-refractivity contribution in [2.45, 2.75) is 0 Å². The smallest absolute Gasteiger partial charge is 0.260 e. The molecule has 33 heavy (non-hydrogen) atoms. The minimum atomic E-state index is -0.102. The number of fused-ring (bicyclic) bond motifs is 1. The molecule has 3 heterocycles. The van der Waals surface area contributed by atoms with E-state index < -0.39 is 0 Å². The first-order valence-corrected chi connectivity index (χ1v) is 11.2. The second-order valence-electron chi connectivity index (χ2n) is 7.55. The molecule has 0 aliphatic carbocycles. The van der Waals surface area contributed by atoms with Crippen LogP contribution in [0.5, 0.6) is 17.2 Å². The number of ether oxygens (including phenoxy) is 3. The number of nitrogens with zero attached hydrogens (tertiary/aromatic N) is 4. The number of carbonyl (C=O) groups is 1. The topological polar surface area (TPSA) is 77.0 Å². The van der Waals surface area contributed by atoms with Gasteiger partial charge in [0.2, 0.25) is 6.79 Å². The van der Waals surface area contributed by atoms with E-state index in [4.69, 9.17) is 37.4 Å². The van der Waals surface area contributed by atoms with Gasteiger partial charge >= 0.3 is 0 Å². The Balaban J connectivity index is 1.15. The number of halogens is 2. The van der Waals surface area contributed by atoms with Crippen LogP contribution < -0.4 is 19.1 Å². The van der Waals surface area contributed by atoms with Crippen molar-refractivity contribution in [1.29, 1.82) is 0 Å². The van der Waals surface area contributed by atoms with Gasteiger partial charge in [0, 0.05) is 31.7 Å². The van der Waals surface area contributed by atoms with Gasteiger partial charge in [-0.1, -0.05) is 29.3 Å². The van der Waals surface area contributed by atoms with Crippen molar-refractivity contribution < 1.29 is 19.0 Å². The summed E-state index contributed by atoms with van der Waals surface area (Å²) in [6, 6.07) is 14.6. The third-order valence-electron chi connectivity index (χ3n) is 5.54. The maximum atomic E-state index is 12.6. The van der Waals surface area contributed by atoms with Crippen LogP contribution in [0.25, 0.3) is 11.3 Å². The molecule has 0 saturated carbocycles. The van der Waals surface area contributed by atoms with Crippen molar-refractivity contribution >= 4 is 34.9 Å². The number of hydrogen-bond donors (Lipinski definition) is 0. The molecule has 1 aromatic heterocycles. The molecule has 10 heteroatoms. The highest BCUT2D eigenvalue weighted by molar-refractivity contribution is 6.42. The van der Waals surface area contributed by atoms with E-state index in [1.165, 1.54) is 0 Å². The average Bonchev–Trinajstić information content (AvgIpc) is 3.33. The molecule has 5 rings (SSSR count). The molecule has 2 aromatic carbocycles. The predicted molar refractivity (Wildman–Crippen MR) is 124 cm³/mol. The summed E-state index contributed by atoms with van der Waals surface area (Å²) in [5.41, 5.74) is 1.66. The number of anilines is 1. The quantitative estimate of drug-likeness (QED) is 0.540. The molecule has 0 N–H and O–H groups in total. The molecule has 3 aromatic rings. The molecule has 0 spiro atoms. The Bertz CT molecular complexity index is 1170. The number of piperazine rings is 1. The van der Waals surface area contributed by atoms with Crippen LogP contribution in [-0.4, -0.2) is 60.6 Å². The average molecular weight is 487 g/mol. The van der Waals surface area contributed by atoms with E-state index in [0.29, 0.717) is 47.7 Å². The lowest BCUT2D eigenvalue weighted by atomic mass is 10.1. The minimum absolute atomic E-state index is 0.0932. The lowest BCUT2D eigenvalue weighted by molar-refractivity contribution is -0.133. The Morgan fingerprint density at radius 1 is 0.970 bits per heavy atom. The molecule has 1 saturated heterocycles. The second kappa shape index (κ2) is 9.33. The lowest BCUT2D eigenvalue weighted by Gasteiger charge is -2.35. The van der Waals surface area contributed by atoms with E-state index in [0.717, 1.165) is 22.8 Å². The summed E-state index contributed by atoms with van der Waals surface area (Å²) < 4.78 is 16.3. The van der Waals surface area contributed by atoms with Gasteiger partial charge in [0.05, 0.1) is 10.7 Å². The summed E-state index contributed by atoms with van der Waals surface area (Å²) in [5, 5.41) is 9.45. The maximum Gasteiger partial charge on any atom is 0.260 e. The largest absolute Gasteiger partial charge is 0.482 e. The van der Waals surface area contributed by atoms with Crippen LogP contribution in [0.15, 0.2) is 48.5 Å². The van der Waals surface area contributed by atoms with Crippen molar-refractivity contribution in [3.63, 3.8) is 0 Å². The van der Waals surface area contributed by atoms with Crippen LogP contribution in [0, 0.1) is 0 Å². The number of hydrogen-bond acceptors (Lipinski definition) is 7. The highest BCUT2D eigenvalue weighted by atomic mass is 35.5. The van der Waals surface area contributed by atoms with Crippen LogP contribution in [0.4, 0.5) is 5.82 Å². The normalized spacial score (nSPS) is 15.0. The Kier molecular flexibility index (Phi) is 6.11. The van der Waals surface area contributed by atoms with Gasteiger partial charge in [-0.2, -0.15) is 0 Å². The number of benzene rings is 2. The number of aromatic nitrogens is 2. The Morgan fingerprint density at radius 2 is 1.79 bits per heavy atom. The summed E-state index contributed by atoms with van der Waals surface area (Å²) >= 11 is 12.1.